The molecule has 21 heavy (non-hydrogen) atoms. The SMILES string of the molecule is O=C(Cc1cc(O)cc(OCc2ccccc2)c1)C1CO1. The van der Waals surface area contributed by atoms with Gasteiger partial charge in [-0.2, -0.15) is 0 Å². The number of Topliss-reactive ketones (excluding diaryl/α,β-unsaturated/α-hetero) is 1. The Kier molecular flexibility index (Phi) is 3.88. The fourth-order valence-electron chi connectivity index (χ4n) is 2.12. The van der Waals surface area contributed by atoms with Crippen LogP contribution >= 0.6 is 0 Å². The summed E-state index contributed by atoms with van der Waals surface area (Å²) < 4.78 is 10.6. The van der Waals surface area contributed by atoms with Crippen LogP contribution in [0.5, 0.6) is 11.5 Å². The van der Waals surface area contributed by atoms with Gasteiger partial charge in [0.05, 0.1) is 6.61 Å². The van der Waals surface area contributed by atoms with Gasteiger partial charge in [-0.25, -0.2) is 0 Å². The number of aromatic hydroxyl groups is 1. The van der Waals surface area contributed by atoms with Gasteiger partial charge in [0.1, 0.15) is 24.2 Å². The summed E-state index contributed by atoms with van der Waals surface area (Å²) in [7, 11) is 0. The van der Waals surface area contributed by atoms with Crippen LogP contribution in [0, 0.1) is 0 Å². The number of ketones is 1. The van der Waals surface area contributed by atoms with Crippen molar-refractivity contribution < 1.29 is 19.4 Å². The van der Waals surface area contributed by atoms with E-state index in [0.29, 0.717) is 19.0 Å². The average molecular weight is 284 g/mol. The lowest BCUT2D eigenvalue weighted by atomic mass is 10.1. The Morgan fingerprint density at radius 3 is 2.67 bits per heavy atom. The van der Waals surface area contributed by atoms with E-state index in [1.165, 1.54) is 0 Å². The largest absolute Gasteiger partial charge is 0.508 e. The van der Waals surface area contributed by atoms with Crippen LogP contribution in [0.15, 0.2) is 48.5 Å². The van der Waals surface area contributed by atoms with E-state index in [0.717, 1.165) is 11.1 Å². The zero-order valence-corrected chi connectivity index (χ0v) is 11.5. The standard InChI is InChI=1S/C17H16O4/c18-14-6-13(8-16(19)17-11-21-17)7-15(9-14)20-10-12-4-2-1-3-5-12/h1-7,9,17-18H,8,10-11H2. The topological polar surface area (TPSA) is 59.1 Å². The van der Waals surface area contributed by atoms with Crippen LogP contribution < -0.4 is 4.74 Å². The highest BCUT2D eigenvalue weighted by Crippen LogP contribution is 2.24. The molecule has 0 radical (unpaired) electrons. The summed E-state index contributed by atoms with van der Waals surface area (Å²) in [6, 6.07) is 14.7. The summed E-state index contributed by atoms with van der Waals surface area (Å²) in [6.07, 6.45) is -0.0122. The minimum Gasteiger partial charge on any atom is -0.508 e. The van der Waals surface area contributed by atoms with E-state index in [1.807, 2.05) is 30.3 Å². The first kappa shape index (κ1) is 13.6. The fraction of sp³-hybridized carbons (Fsp3) is 0.235. The maximum Gasteiger partial charge on any atom is 0.168 e. The fourth-order valence-corrected chi connectivity index (χ4v) is 2.12. The minimum absolute atomic E-state index is 0.0367. The van der Waals surface area contributed by atoms with Crippen molar-refractivity contribution in [1.29, 1.82) is 0 Å². The van der Waals surface area contributed by atoms with Gasteiger partial charge >= 0.3 is 0 Å². The molecule has 0 aliphatic carbocycles. The third-order valence-corrected chi connectivity index (χ3v) is 3.27. The molecule has 1 N–H and O–H groups in total. The highest BCUT2D eigenvalue weighted by molar-refractivity contribution is 5.87. The molecule has 1 fully saturated rings. The molecule has 4 heteroatoms. The number of carbonyl (C=O) groups excluding carboxylic acids is 1. The number of rotatable bonds is 6. The Balaban J connectivity index is 1.67. The van der Waals surface area contributed by atoms with Gasteiger partial charge in [0.2, 0.25) is 0 Å². The maximum absolute atomic E-state index is 11.7. The molecule has 1 saturated heterocycles. The van der Waals surface area contributed by atoms with Gasteiger partial charge in [0.15, 0.2) is 5.78 Å². The number of epoxide rings is 1. The third-order valence-electron chi connectivity index (χ3n) is 3.27. The molecule has 4 nitrogen and oxygen atoms in total. The van der Waals surface area contributed by atoms with Crippen LogP contribution in [-0.2, 0) is 22.6 Å². The molecule has 2 aromatic rings. The molecule has 1 unspecified atom stereocenters. The summed E-state index contributed by atoms with van der Waals surface area (Å²) in [4.78, 5) is 11.7. The van der Waals surface area contributed by atoms with Gasteiger partial charge in [-0.05, 0) is 23.3 Å². The highest BCUT2D eigenvalue weighted by Gasteiger charge is 2.30. The molecule has 1 aliphatic rings. The van der Waals surface area contributed by atoms with Crippen LogP contribution in [-0.4, -0.2) is 23.6 Å². The van der Waals surface area contributed by atoms with Gasteiger partial charge in [-0.1, -0.05) is 30.3 Å². The summed E-state index contributed by atoms with van der Waals surface area (Å²) in [6.45, 7) is 0.929. The Labute approximate surface area is 122 Å². The van der Waals surface area contributed by atoms with Crippen LogP contribution in [0.4, 0.5) is 0 Å². The Hall–Kier alpha value is -2.33. The second kappa shape index (κ2) is 5.97. The molecule has 0 saturated carbocycles. The van der Waals surface area contributed by atoms with Gasteiger partial charge in [-0.15, -0.1) is 0 Å². The van der Waals surface area contributed by atoms with Crippen LogP contribution in [0.1, 0.15) is 11.1 Å². The molecule has 108 valence electrons. The monoisotopic (exact) mass is 284 g/mol. The van der Waals surface area contributed by atoms with Crippen molar-refractivity contribution in [2.45, 2.75) is 19.1 Å². The highest BCUT2D eigenvalue weighted by atomic mass is 16.6. The van der Waals surface area contributed by atoms with E-state index < -0.39 is 0 Å². The van der Waals surface area contributed by atoms with E-state index in [-0.39, 0.29) is 24.1 Å². The van der Waals surface area contributed by atoms with Crippen molar-refractivity contribution in [2.24, 2.45) is 0 Å². The van der Waals surface area contributed by atoms with Crippen molar-refractivity contribution in [3.8, 4) is 11.5 Å². The van der Waals surface area contributed by atoms with E-state index in [1.54, 1.807) is 18.2 Å². The average Bonchev–Trinajstić information content (AvgIpc) is 3.30. The molecular formula is C17H16O4. The maximum atomic E-state index is 11.7. The molecule has 1 heterocycles. The van der Waals surface area contributed by atoms with Crippen molar-refractivity contribution in [2.75, 3.05) is 6.61 Å². The van der Waals surface area contributed by atoms with Gasteiger partial charge < -0.3 is 14.6 Å². The first-order valence-electron chi connectivity index (χ1n) is 6.85. The number of hydrogen-bond acceptors (Lipinski definition) is 4. The van der Waals surface area contributed by atoms with E-state index in [9.17, 15) is 9.90 Å². The summed E-state index contributed by atoms with van der Waals surface area (Å²) in [5.74, 6) is 0.688. The van der Waals surface area contributed by atoms with Crippen molar-refractivity contribution in [1.82, 2.24) is 0 Å². The quantitative estimate of drug-likeness (QED) is 0.828. The van der Waals surface area contributed by atoms with Crippen molar-refractivity contribution >= 4 is 5.78 Å². The summed E-state index contributed by atoms with van der Waals surface area (Å²) in [5, 5.41) is 9.74. The van der Waals surface area contributed by atoms with Crippen LogP contribution in [0.3, 0.4) is 0 Å². The molecule has 3 rings (SSSR count). The zero-order valence-electron chi connectivity index (χ0n) is 11.5. The smallest absolute Gasteiger partial charge is 0.168 e. The molecular weight excluding hydrogens is 268 g/mol. The normalized spacial score (nSPS) is 16.5. The number of ether oxygens (including phenoxy) is 2. The summed E-state index contributed by atoms with van der Waals surface area (Å²) >= 11 is 0. The molecule has 0 amide bonds. The second-order valence-corrected chi connectivity index (χ2v) is 5.07. The van der Waals surface area contributed by atoms with Gasteiger partial charge in [0.25, 0.3) is 0 Å². The first-order valence-corrected chi connectivity index (χ1v) is 6.85. The van der Waals surface area contributed by atoms with Crippen LogP contribution in [0.25, 0.3) is 0 Å². The van der Waals surface area contributed by atoms with E-state index in [2.05, 4.69) is 0 Å². The molecule has 0 spiro atoms. The molecule has 2 aromatic carbocycles. The molecule has 1 atom stereocenters. The zero-order chi connectivity index (χ0) is 14.7. The predicted octanol–water partition coefficient (Wildman–Crippen LogP) is 2.48. The summed E-state index contributed by atoms with van der Waals surface area (Å²) in [5.41, 5.74) is 1.78. The molecule has 0 bridgehead atoms. The van der Waals surface area contributed by atoms with Gasteiger partial charge in [-0.3, -0.25) is 4.79 Å². The van der Waals surface area contributed by atoms with E-state index >= 15 is 0 Å². The van der Waals surface area contributed by atoms with Crippen molar-refractivity contribution in [3.05, 3.63) is 59.7 Å². The van der Waals surface area contributed by atoms with Crippen LogP contribution in [0.2, 0.25) is 0 Å². The first-order chi connectivity index (χ1) is 10.2. The lowest BCUT2D eigenvalue weighted by Gasteiger charge is -2.09. The number of phenols is 1. The third kappa shape index (κ3) is 3.83. The predicted molar refractivity (Wildman–Crippen MR) is 77.3 cm³/mol. The number of phenolic OH excluding ortho intramolecular Hbond substituents is 1. The Morgan fingerprint density at radius 2 is 1.95 bits per heavy atom. The Morgan fingerprint density at radius 1 is 1.19 bits per heavy atom. The van der Waals surface area contributed by atoms with E-state index in [4.69, 9.17) is 9.47 Å². The number of benzene rings is 2. The number of carbonyl (C=O) groups is 1. The lowest BCUT2D eigenvalue weighted by molar-refractivity contribution is -0.119. The van der Waals surface area contributed by atoms with Gasteiger partial charge in [0, 0.05) is 12.5 Å². The minimum atomic E-state index is -0.263. The lowest BCUT2D eigenvalue weighted by Crippen LogP contribution is -2.10. The Bertz CT molecular complexity index is 632. The van der Waals surface area contributed by atoms with Crippen molar-refractivity contribution in [3.63, 3.8) is 0 Å². The molecule has 0 aromatic heterocycles. The molecule has 1 aliphatic heterocycles. The number of hydrogen-bond donors (Lipinski definition) is 1. The second-order valence-electron chi connectivity index (χ2n) is 5.07.